The minimum absolute atomic E-state index is 0.170. The number of likely N-dealkylation sites (N-methyl/N-ethyl adjacent to an activating group) is 1. The van der Waals surface area contributed by atoms with Gasteiger partial charge in [0.2, 0.25) is 5.95 Å². The summed E-state index contributed by atoms with van der Waals surface area (Å²) in [6.07, 6.45) is 1.39. The summed E-state index contributed by atoms with van der Waals surface area (Å²) < 4.78 is 26.5. The molecule has 3 aromatic rings. The lowest BCUT2D eigenvalue weighted by atomic mass is 9.64. The van der Waals surface area contributed by atoms with E-state index in [0.29, 0.717) is 41.0 Å². The number of hydrogen-bond donors (Lipinski definition) is 1. The number of fused-ring (bicyclic) bond motifs is 1. The second-order valence-corrected chi connectivity index (χ2v) is 13.5. The molecule has 3 saturated heterocycles. The molecule has 0 aliphatic carbocycles. The van der Waals surface area contributed by atoms with Crippen molar-refractivity contribution < 1.29 is 18.7 Å². The number of nitrogens with one attached hydrogen (secondary N) is 1. The maximum absolute atomic E-state index is 15.2. The molecule has 3 aliphatic rings. The quantitative estimate of drug-likeness (QED) is 0.432. The first-order chi connectivity index (χ1) is 20.4. The normalized spacial score (nSPS) is 20.3. The third-order valence-corrected chi connectivity index (χ3v) is 9.12. The maximum atomic E-state index is 15.2. The van der Waals surface area contributed by atoms with E-state index >= 15 is 4.39 Å². The number of hydrogen-bond acceptors (Lipinski definition) is 9. The number of amides is 1. The van der Waals surface area contributed by atoms with Gasteiger partial charge in [0.05, 0.1) is 35.1 Å². The first-order valence-electron chi connectivity index (χ1n) is 14.7. The number of carbonyl (C=O) groups excluding carboxylic acids is 1. The van der Waals surface area contributed by atoms with Crippen LogP contribution in [0.1, 0.15) is 45.3 Å². The largest absolute Gasteiger partial charge is 0.496 e. The fourth-order valence-corrected chi connectivity index (χ4v) is 6.68. The van der Waals surface area contributed by atoms with E-state index in [1.54, 1.807) is 23.1 Å². The molecule has 1 amide bonds. The lowest BCUT2D eigenvalue weighted by Crippen LogP contribution is -2.64. The van der Waals surface area contributed by atoms with Crippen molar-refractivity contribution in [2.75, 3.05) is 58.8 Å². The summed E-state index contributed by atoms with van der Waals surface area (Å²) in [6.45, 7) is 9.39. The zero-order valence-electron chi connectivity index (χ0n) is 25.6. The van der Waals surface area contributed by atoms with Crippen molar-refractivity contribution in [3.8, 4) is 17.0 Å². The average molecular weight is 612 g/mol. The van der Waals surface area contributed by atoms with Gasteiger partial charge in [-0.15, -0.1) is 0 Å². The molecule has 10 nitrogen and oxygen atoms in total. The van der Waals surface area contributed by atoms with Crippen molar-refractivity contribution in [2.45, 2.75) is 51.3 Å². The third-order valence-electron chi connectivity index (χ3n) is 8.83. The van der Waals surface area contributed by atoms with Crippen LogP contribution in [0.3, 0.4) is 0 Å². The molecule has 3 fully saturated rings. The van der Waals surface area contributed by atoms with Crippen molar-refractivity contribution in [3.63, 3.8) is 0 Å². The molecular weight excluding hydrogens is 573 g/mol. The Balaban J connectivity index is 1.53. The summed E-state index contributed by atoms with van der Waals surface area (Å²) in [4.78, 5) is 34.5. The van der Waals surface area contributed by atoms with E-state index in [9.17, 15) is 4.79 Å². The highest BCUT2D eigenvalue weighted by atomic mass is 35.5. The maximum Gasteiger partial charge on any atom is 0.410 e. The van der Waals surface area contributed by atoms with Gasteiger partial charge in [-0.3, -0.25) is 4.90 Å². The summed E-state index contributed by atoms with van der Waals surface area (Å²) >= 11 is 6.86. The van der Waals surface area contributed by atoms with Gasteiger partial charge < -0.3 is 24.6 Å². The Morgan fingerprint density at radius 1 is 1.16 bits per heavy atom. The van der Waals surface area contributed by atoms with E-state index in [2.05, 4.69) is 29.2 Å². The second kappa shape index (κ2) is 11.0. The second-order valence-electron chi connectivity index (χ2n) is 13.1. The van der Waals surface area contributed by atoms with Crippen LogP contribution in [0.2, 0.25) is 5.02 Å². The van der Waals surface area contributed by atoms with E-state index in [4.69, 9.17) is 36.0 Å². The highest BCUT2D eigenvalue weighted by Crippen LogP contribution is 2.55. The number of carbonyl (C=O) groups is 1. The van der Waals surface area contributed by atoms with E-state index < -0.39 is 11.4 Å². The van der Waals surface area contributed by atoms with Crippen molar-refractivity contribution in [1.82, 2.24) is 30.1 Å². The fourth-order valence-electron chi connectivity index (χ4n) is 6.43. The number of pyridine rings is 1. The lowest BCUT2D eigenvalue weighted by molar-refractivity contribution is -0.0980. The standard InChI is InChI=1S/C31H39ClFN7O3/c1-30(2,3)43-29(41)40-17-31(10-12-34-13-11-31)26(40)24-19-14-20(32)25(23-21(33)8-7-9-22(23)42-6)35-27(19)37-28(36-24)39-15-18(16-39)38(4)5/h7-9,14,18,26,34H,10-13,15-17H2,1-6H3. The highest BCUT2D eigenvalue weighted by molar-refractivity contribution is 6.33. The zero-order chi connectivity index (χ0) is 30.7. The number of ether oxygens (including phenoxy) is 2. The molecule has 0 radical (unpaired) electrons. The summed E-state index contributed by atoms with van der Waals surface area (Å²) in [5.74, 6) is 0.355. The molecule has 0 bridgehead atoms. The van der Waals surface area contributed by atoms with Gasteiger partial charge >= 0.3 is 6.09 Å². The van der Waals surface area contributed by atoms with E-state index in [1.807, 2.05) is 20.8 Å². The molecule has 5 heterocycles. The number of likely N-dealkylation sites (tertiary alicyclic amines) is 1. The summed E-state index contributed by atoms with van der Waals surface area (Å²) in [7, 11) is 5.59. The number of benzene rings is 1. The van der Waals surface area contributed by atoms with Crippen LogP contribution < -0.4 is 15.0 Å². The number of methoxy groups -OCH3 is 1. The molecule has 12 heteroatoms. The van der Waals surface area contributed by atoms with Crippen molar-refractivity contribution in [1.29, 1.82) is 0 Å². The van der Waals surface area contributed by atoms with Crippen LogP contribution in [-0.2, 0) is 4.74 Å². The molecular formula is C31H39ClFN7O3. The predicted molar refractivity (Wildman–Crippen MR) is 164 cm³/mol. The Hall–Kier alpha value is -3.28. The smallest absolute Gasteiger partial charge is 0.410 e. The molecule has 1 atom stereocenters. The van der Waals surface area contributed by atoms with E-state index in [0.717, 1.165) is 39.0 Å². The van der Waals surface area contributed by atoms with Crippen LogP contribution in [0.25, 0.3) is 22.3 Å². The summed E-state index contributed by atoms with van der Waals surface area (Å²) in [5.41, 5.74) is 0.663. The van der Waals surface area contributed by atoms with Crippen LogP contribution in [0.15, 0.2) is 24.3 Å². The zero-order valence-corrected chi connectivity index (χ0v) is 26.3. The third kappa shape index (κ3) is 5.36. The van der Waals surface area contributed by atoms with Gasteiger partial charge in [-0.25, -0.2) is 19.2 Å². The molecule has 3 aliphatic heterocycles. The Morgan fingerprint density at radius 3 is 2.53 bits per heavy atom. The Labute approximate surface area is 256 Å². The van der Waals surface area contributed by atoms with Gasteiger partial charge in [0, 0.05) is 36.5 Å². The monoisotopic (exact) mass is 611 g/mol. The van der Waals surface area contributed by atoms with Gasteiger partial charge in [0.1, 0.15) is 17.2 Å². The van der Waals surface area contributed by atoms with E-state index in [1.165, 1.54) is 13.2 Å². The predicted octanol–water partition coefficient (Wildman–Crippen LogP) is 4.90. The summed E-state index contributed by atoms with van der Waals surface area (Å²) in [5, 5.41) is 4.33. The van der Waals surface area contributed by atoms with Crippen molar-refractivity contribution in [3.05, 3.63) is 40.8 Å². The number of rotatable bonds is 5. The molecule has 43 heavy (non-hydrogen) atoms. The van der Waals surface area contributed by atoms with Gasteiger partial charge in [-0.05, 0) is 79.0 Å². The molecule has 2 aromatic heterocycles. The topological polar surface area (TPSA) is 96.0 Å². The number of nitrogens with zero attached hydrogens (tertiary/aromatic N) is 6. The number of anilines is 1. The van der Waals surface area contributed by atoms with Crippen molar-refractivity contribution in [2.24, 2.45) is 5.41 Å². The minimum Gasteiger partial charge on any atom is -0.496 e. The Kier molecular flexibility index (Phi) is 7.63. The van der Waals surface area contributed by atoms with Crippen LogP contribution in [-0.4, -0.2) is 96.4 Å². The Bertz CT molecular complexity index is 1550. The average Bonchev–Trinajstić information content (AvgIpc) is 2.90. The summed E-state index contributed by atoms with van der Waals surface area (Å²) in [6, 6.07) is 6.38. The van der Waals surface area contributed by atoms with E-state index in [-0.39, 0.29) is 33.8 Å². The number of aromatic nitrogens is 3. The van der Waals surface area contributed by atoms with Gasteiger partial charge in [0.25, 0.3) is 0 Å². The van der Waals surface area contributed by atoms with Crippen molar-refractivity contribution >= 4 is 34.7 Å². The molecule has 0 saturated carbocycles. The minimum atomic E-state index is -0.644. The SMILES string of the molecule is COc1cccc(F)c1-c1nc2nc(N3CC(N(C)C)C3)nc(C3N(C(=O)OC(C)(C)C)CC34CCNCC4)c2cc1Cl. The number of halogens is 2. The van der Waals surface area contributed by atoms with Crippen LogP contribution in [0, 0.1) is 11.2 Å². The van der Waals surface area contributed by atoms with Crippen LogP contribution in [0.5, 0.6) is 5.75 Å². The highest BCUT2D eigenvalue weighted by Gasteiger charge is 2.57. The molecule has 1 spiro atoms. The molecule has 1 unspecified atom stereocenters. The van der Waals surface area contributed by atoms with Gasteiger partial charge in [0.15, 0.2) is 5.65 Å². The lowest BCUT2D eigenvalue weighted by Gasteiger charge is -2.58. The van der Waals surface area contributed by atoms with Crippen LogP contribution in [0.4, 0.5) is 15.1 Å². The number of piperidine rings is 1. The first kappa shape index (κ1) is 29.8. The fraction of sp³-hybridized carbons (Fsp3) is 0.548. The van der Waals surface area contributed by atoms with Gasteiger partial charge in [-0.2, -0.15) is 4.98 Å². The molecule has 230 valence electrons. The first-order valence-corrected chi connectivity index (χ1v) is 15.1. The molecule has 1 aromatic carbocycles. The Morgan fingerprint density at radius 2 is 1.88 bits per heavy atom. The molecule has 1 N–H and O–H groups in total. The van der Waals surface area contributed by atoms with Gasteiger partial charge in [-0.1, -0.05) is 17.7 Å². The van der Waals surface area contributed by atoms with Crippen LogP contribution >= 0.6 is 11.6 Å². The molecule has 6 rings (SSSR count).